The minimum Gasteiger partial charge on any atom is -0.289 e. The normalized spacial score (nSPS) is 18.8. The molecule has 2 aliphatic carbocycles. The van der Waals surface area contributed by atoms with E-state index in [1.165, 1.54) is 24.3 Å². The van der Waals surface area contributed by atoms with Crippen LogP contribution in [0.2, 0.25) is 0 Å². The molecule has 0 saturated heterocycles. The maximum atomic E-state index is 14.0. The SMILES string of the molecule is O=C(c1cccc(C(F)(F)F)c1C1CCCCC1)c1cccc(C(F)(F)F)c1C1CCCCC1. The minimum atomic E-state index is -4.65. The van der Waals surface area contributed by atoms with Gasteiger partial charge in [0.25, 0.3) is 0 Å². The standard InChI is InChI=1S/C27H28F6O/c28-26(29,30)21-15-7-13-19(23(21)17-9-3-1-4-10-17)25(34)20-14-8-16-22(27(31,32)33)24(20)18-11-5-2-6-12-18/h7-8,13-18H,1-6,9-12H2. The van der Waals surface area contributed by atoms with E-state index in [1.807, 2.05) is 0 Å². The monoisotopic (exact) mass is 482 g/mol. The van der Waals surface area contributed by atoms with Crippen molar-refractivity contribution in [2.75, 3.05) is 0 Å². The molecule has 0 aromatic heterocycles. The Hall–Kier alpha value is -2.31. The van der Waals surface area contributed by atoms with Crippen molar-refractivity contribution < 1.29 is 31.1 Å². The Labute approximate surface area is 195 Å². The van der Waals surface area contributed by atoms with Crippen molar-refractivity contribution >= 4 is 5.78 Å². The van der Waals surface area contributed by atoms with Gasteiger partial charge in [0.15, 0.2) is 5.78 Å². The predicted molar refractivity (Wildman–Crippen MR) is 118 cm³/mol. The lowest BCUT2D eigenvalue weighted by Crippen LogP contribution is -2.22. The van der Waals surface area contributed by atoms with Crippen LogP contribution in [0.5, 0.6) is 0 Å². The molecule has 2 aromatic rings. The summed E-state index contributed by atoms with van der Waals surface area (Å²) < 4.78 is 83.9. The van der Waals surface area contributed by atoms with Gasteiger partial charge in [0.05, 0.1) is 11.1 Å². The van der Waals surface area contributed by atoms with Gasteiger partial charge in [0.1, 0.15) is 0 Å². The third-order valence-corrected chi connectivity index (χ3v) is 7.34. The molecule has 184 valence electrons. The molecular formula is C27H28F6O. The quantitative estimate of drug-likeness (QED) is 0.314. The lowest BCUT2D eigenvalue weighted by atomic mass is 9.75. The van der Waals surface area contributed by atoms with Crippen LogP contribution in [0.25, 0.3) is 0 Å². The fourth-order valence-corrected chi connectivity index (χ4v) is 5.83. The van der Waals surface area contributed by atoms with E-state index in [9.17, 15) is 31.1 Å². The third kappa shape index (κ3) is 5.03. The highest BCUT2D eigenvalue weighted by molar-refractivity contribution is 6.11. The van der Waals surface area contributed by atoms with Crippen molar-refractivity contribution in [1.29, 1.82) is 0 Å². The van der Waals surface area contributed by atoms with E-state index < -0.39 is 41.1 Å². The fraction of sp³-hybridized carbons (Fsp3) is 0.519. The second kappa shape index (κ2) is 9.74. The highest BCUT2D eigenvalue weighted by Gasteiger charge is 2.40. The Balaban J connectivity index is 1.90. The largest absolute Gasteiger partial charge is 0.416 e. The molecule has 0 spiro atoms. The molecule has 1 nitrogen and oxygen atoms in total. The van der Waals surface area contributed by atoms with Crippen LogP contribution in [0.3, 0.4) is 0 Å². The second-order valence-corrected chi connectivity index (χ2v) is 9.53. The Bertz CT molecular complexity index is 943. The zero-order valence-electron chi connectivity index (χ0n) is 18.9. The van der Waals surface area contributed by atoms with Crippen molar-refractivity contribution in [3.8, 4) is 0 Å². The molecule has 2 aromatic carbocycles. The summed E-state index contributed by atoms with van der Waals surface area (Å²) in [7, 11) is 0. The van der Waals surface area contributed by atoms with Crippen molar-refractivity contribution in [2.24, 2.45) is 0 Å². The van der Waals surface area contributed by atoms with Crippen molar-refractivity contribution in [3.05, 3.63) is 69.8 Å². The Kier molecular flexibility index (Phi) is 7.11. The molecule has 0 radical (unpaired) electrons. The molecule has 0 N–H and O–H groups in total. The highest BCUT2D eigenvalue weighted by Crippen LogP contribution is 2.45. The lowest BCUT2D eigenvalue weighted by Gasteiger charge is -2.29. The maximum absolute atomic E-state index is 14.0. The Morgan fingerprint density at radius 1 is 0.588 bits per heavy atom. The molecular weight excluding hydrogens is 454 g/mol. The minimum absolute atomic E-state index is 0.0493. The van der Waals surface area contributed by atoms with Gasteiger partial charge in [-0.25, -0.2) is 0 Å². The van der Waals surface area contributed by atoms with E-state index in [4.69, 9.17) is 0 Å². The maximum Gasteiger partial charge on any atom is 0.416 e. The van der Waals surface area contributed by atoms with Crippen LogP contribution in [-0.4, -0.2) is 5.78 Å². The number of benzene rings is 2. The first-order valence-corrected chi connectivity index (χ1v) is 12.0. The van der Waals surface area contributed by atoms with Crippen LogP contribution in [0.15, 0.2) is 36.4 Å². The fourth-order valence-electron chi connectivity index (χ4n) is 5.83. The summed E-state index contributed by atoms with van der Waals surface area (Å²) in [4.78, 5) is 13.8. The second-order valence-electron chi connectivity index (χ2n) is 9.53. The molecule has 34 heavy (non-hydrogen) atoms. The summed E-state index contributed by atoms with van der Waals surface area (Å²) >= 11 is 0. The topological polar surface area (TPSA) is 17.1 Å². The van der Waals surface area contributed by atoms with Crippen LogP contribution in [0, 0.1) is 0 Å². The summed E-state index contributed by atoms with van der Waals surface area (Å²) in [6.45, 7) is 0. The Morgan fingerprint density at radius 2 is 0.941 bits per heavy atom. The number of alkyl halides is 6. The van der Waals surface area contributed by atoms with Crippen LogP contribution in [0.4, 0.5) is 26.3 Å². The first kappa shape index (κ1) is 24.8. The average molecular weight is 483 g/mol. The molecule has 0 heterocycles. The zero-order valence-corrected chi connectivity index (χ0v) is 18.9. The van der Waals surface area contributed by atoms with E-state index in [2.05, 4.69) is 0 Å². The van der Waals surface area contributed by atoms with Gasteiger partial charge in [-0.3, -0.25) is 4.79 Å². The first-order valence-electron chi connectivity index (χ1n) is 12.0. The number of hydrogen-bond donors (Lipinski definition) is 0. The molecule has 0 atom stereocenters. The number of carbonyl (C=O) groups is 1. The van der Waals surface area contributed by atoms with Crippen molar-refractivity contribution in [3.63, 3.8) is 0 Å². The summed E-state index contributed by atoms with van der Waals surface area (Å²) in [6.07, 6.45) is -2.26. The van der Waals surface area contributed by atoms with Gasteiger partial charge in [0.2, 0.25) is 0 Å². The van der Waals surface area contributed by atoms with Gasteiger partial charge in [-0.05, 0) is 60.8 Å². The van der Waals surface area contributed by atoms with Gasteiger partial charge in [0, 0.05) is 11.1 Å². The summed E-state index contributed by atoms with van der Waals surface area (Å²) in [5.74, 6) is -1.61. The number of hydrogen-bond acceptors (Lipinski definition) is 1. The highest BCUT2D eigenvalue weighted by atomic mass is 19.4. The molecule has 0 aliphatic heterocycles. The van der Waals surface area contributed by atoms with E-state index in [0.29, 0.717) is 25.7 Å². The van der Waals surface area contributed by atoms with Crippen LogP contribution in [0.1, 0.15) is 114 Å². The van der Waals surface area contributed by atoms with Gasteiger partial charge in [-0.15, -0.1) is 0 Å². The van der Waals surface area contributed by atoms with E-state index in [1.54, 1.807) is 0 Å². The van der Waals surface area contributed by atoms with Crippen molar-refractivity contribution in [1.82, 2.24) is 0 Å². The number of carbonyl (C=O) groups excluding carboxylic acids is 1. The average Bonchev–Trinajstić information content (AvgIpc) is 2.82. The van der Waals surface area contributed by atoms with E-state index >= 15 is 0 Å². The van der Waals surface area contributed by atoms with Crippen LogP contribution < -0.4 is 0 Å². The Morgan fingerprint density at radius 3 is 1.26 bits per heavy atom. The number of rotatable bonds is 4. The molecule has 0 bridgehead atoms. The lowest BCUT2D eigenvalue weighted by molar-refractivity contribution is -0.139. The van der Waals surface area contributed by atoms with E-state index in [-0.39, 0.29) is 22.3 Å². The van der Waals surface area contributed by atoms with Crippen LogP contribution >= 0.6 is 0 Å². The van der Waals surface area contributed by atoms with Gasteiger partial charge in [-0.1, -0.05) is 62.8 Å². The molecule has 4 rings (SSSR count). The number of halogens is 6. The van der Waals surface area contributed by atoms with Gasteiger partial charge >= 0.3 is 12.4 Å². The third-order valence-electron chi connectivity index (χ3n) is 7.34. The summed E-state index contributed by atoms with van der Waals surface area (Å²) in [6, 6.07) is 7.05. The van der Waals surface area contributed by atoms with Crippen LogP contribution in [-0.2, 0) is 12.4 Å². The zero-order chi connectivity index (χ0) is 24.5. The predicted octanol–water partition coefficient (Wildman–Crippen LogP) is 9.05. The molecule has 0 unspecified atom stereocenters. The van der Waals surface area contributed by atoms with E-state index in [0.717, 1.165) is 50.7 Å². The molecule has 0 amide bonds. The smallest absolute Gasteiger partial charge is 0.289 e. The molecule has 7 heteroatoms. The first-order chi connectivity index (χ1) is 16.1. The summed E-state index contributed by atoms with van der Waals surface area (Å²) in [5, 5.41) is 0. The molecule has 2 saturated carbocycles. The number of ketones is 1. The van der Waals surface area contributed by atoms with Gasteiger partial charge in [-0.2, -0.15) is 26.3 Å². The molecule has 2 fully saturated rings. The summed E-state index contributed by atoms with van der Waals surface area (Å²) in [5.41, 5.74) is -2.03. The van der Waals surface area contributed by atoms with Crippen molar-refractivity contribution in [2.45, 2.75) is 88.4 Å². The van der Waals surface area contributed by atoms with Gasteiger partial charge < -0.3 is 0 Å². The molecule has 2 aliphatic rings.